The maximum absolute atomic E-state index is 6.03. The summed E-state index contributed by atoms with van der Waals surface area (Å²) < 4.78 is 5.43. The number of rotatable bonds is 3. The van der Waals surface area contributed by atoms with E-state index in [1.807, 2.05) is 12.1 Å². The smallest absolute Gasteiger partial charge is 0.106 e. The zero-order valence-corrected chi connectivity index (χ0v) is 11.9. The number of ether oxygens (including phenoxy) is 1. The summed E-state index contributed by atoms with van der Waals surface area (Å²) in [6.45, 7) is 3.73. The highest BCUT2D eigenvalue weighted by Crippen LogP contribution is 2.25. The number of thiocarbonyl (C=S) groups is 1. The second kappa shape index (κ2) is 5.87. The lowest BCUT2D eigenvalue weighted by Crippen LogP contribution is -2.36. The Balaban J connectivity index is 2.21. The van der Waals surface area contributed by atoms with Crippen LogP contribution in [0.4, 0.5) is 5.69 Å². The fourth-order valence-corrected chi connectivity index (χ4v) is 2.50. The summed E-state index contributed by atoms with van der Waals surface area (Å²) in [5.41, 5.74) is 7.48. The summed E-state index contributed by atoms with van der Waals surface area (Å²) in [6, 6.07) is 5.90. The number of nitrogens with one attached hydrogen (secondary N) is 1. The van der Waals surface area contributed by atoms with Crippen molar-refractivity contribution < 1.29 is 4.74 Å². The van der Waals surface area contributed by atoms with E-state index in [1.54, 1.807) is 6.07 Å². The maximum Gasteiger partial charge on any atom is 0.106 e. The van der Waals surface area contributed by atoms with Crippen LogP contribution in [0, 0.1) is 5.92 Å². The number of halogens is 1. The quantitative estimate of drug-likeness (QED) is 0.838. The molecule has 0 saturated carbocycles. The monoisotopic (exact) mass is 284 g/mol. The summed E-state index contributed by atoms with van der Waals surface area (Å²) in [6.07, 6.45) is 0.977. The van der Waals surface area contributed by atoms with Crippen molar-refractivity contribution in [3.63, 3.8) is 0 Å². The average molecular weight is 285 g/mol. The van der Waals surface area contributed by atoms with Crippen LogP contribution in [-0.4, -0.2) is 24.2 Å². The van der Waals surface area contributed by atoms with Crippen LogP contribution < -0.4 is 11.1 Å². The molecule has 1 aliphatic rings. The van der Waals surface area contributed by atoms with E-state index in [9.17, 15) is 0 Å². The standard InChI is InChI=1S/C13H17ClN2OS/c1-8-7-17-5-4-11(8)16-12-6-9(14)2-3-10(12)13(15)18/h2-3,6,8,11,16H,4-5,7H2,1H3,(H2,15,18). The maximum atomic E-state index is 6.03. The summed E-state index contributed by atoms with van der Waals surface area (Å²) in [7, 11) is 0. The highest BCUT2D eigenvalue weighted by Gasteiger charge is 2.22. The molecular weight excluding hydrogens is 268 g/mol. The van der Waals surface area contributed by atoms with Crippen molar-refractivity contribution in [2.24, 2.45) is 11.7 Å². The van der Waals surface area contributed by atoms with Crippen molar-refractivity contribution in [2.45, 2.75) is 19.4 Å². The van der Waals surface area contributed by atoms with Gasteiger partial charge in [0.15, 0.2) is 0 Å². The third-order valence-electron chi connectivity index (χ3n) is 3.23. The van der Waals surface area contributed by atoms with Crippen LogP contribution in [0.25, 0.3) is 0 Å². The van der Waals surface area contributed by atoms with Gasteiger partial charge in [-0.2, -0.15) is 0 Å². The molecule has 0 aliphatic carbocycles. The van der Waals surface area contributed by atoms with E-state index in [0.717, 1.165) is 30.9 Å². The van der Waals surface area contributed by atoms with Crippen LogP contribution in [0.5, 0.6) is 0 Å². The van der Waals surface area contributed by atoms with Crippen LogP contribution in [0.2, 0.25) is 5.02 Å². The van der Waals surface area contributed by atoms with Crippen molar-refractivity contribution in [3.8, 4) is 0 Å². The number of hydrogen-bond donors (Lipinski definition) is 2. The van der Waals surface area contributed by atoms with Crippen molar-refractivity contribution >= 4 is 34.5 Å². The highest BCUT2D eigenvalue weighted by atomic mass is 35.5. The zero-order valence-electron chi connectivity index (χ0n) is 10.3. The van der Waals surface area contributed by atoms with Crippen LogP contribution in [0.15, 0.2) is 18.2 Å². The molecular formula is C13H17ClN2OS. The number of benzene rings is 1. The van der Waals surface area contributed by atoms with Crippen molar-refractivity contribution in [1.29, 1.82) is 0 Å². The Morgan fingerprint density at radius 3 is 3.00 bits per heavy atom. The van der Waals surface area contributed by atoms with Gasteiger partial charge < -0.3 is 15.8 Å². The van der Waals surface area contributed by atoms with Crippen LogP contribution in [0.1, 0.15) is 18.9 Å². The lowest BCUT2D eigenvalue weighted by Gasteiger charge is -2.31. The molecule has 3 N–H and O–H groups in total. The Bertz CT molecular complexity index is 453. The minimum atomic E-state index is 0.366. The first kappa shape index (κ1) is 13.6. The molecule has 0 bridgehead atoms. The molecule has 2 unspecified atom stereocenters. The summed E-state index contributed by atoms with van der Waals surface area (Å²) in [5.74, 6) is 0.455. The molecule has 98 valence electrons. The lowest BCUT2D eigenvalue weighted by molar-refractivity contribution is 0.0538. The fourth-order valence-electron chi connectivity index (χ4n) is 2.15. The van der Waals surface area contributed by atoms with Gasteiger partial charge in [0.1, 0.15) is 4.99 Å². The van der Waals surface area contributed by atoms with E-state index in [2.05, 4.69) is 12.2 Å². The van der Waals surface area contributed by atoms with Gasteiger partial charge in [-0.15, -0.1) is 0 Å². The first-order valence-electron chi connectivity index (χ1n) is 6.01. The second-order valence-electron chi connectivity index (χ2n) is 4.65. The summed E-state index contributed by atoms with van der Waals surface area (Å²) in [5, 5.41) is 4.17. The third kappa shape index (κ3) is 3.13. The summed E-state index contributed by atoms with van der Waals surface area (Å²) >= 11 is 11.1. The molecule has 0 amide bonds. The highest BCUT2D eigenvalue weighted by molar-refractivity contribution is 7.80. The topological polar surface area (TPSA) is 47.3 Å². The van der Waals surface area contributed by atoms with Crippen LogP contribution in [-0.2, 0) is 4.74 Å². The average Bonchev–Trinajstić information content (AvgIpc) is 2.32. The minimum absolute atomic E-state index is 0.366. The summed E-state index contributed by atoms with van der Waals surface area (Å²) in [4.78, 5) is 0.383. The minimum Gasteiger partial charge on any atom is -0.389 e. The van der Waals surface area contributed by atoms with Crippen LogP contribution >= 0.6 is 23.8 Å². The molecule has 0 spiro atoms. The predicted molar refractivity (Wildman–Crippen MR) is 79.4 cm³/mol. The molecule has 1 aliphatic heterocycles. The van der Waals surface area contributed by atoms with Gasteiger partial charge in [-0.25, -0.2) is 0 Å². The molecule has 5 heteroatoms. The molecule has 1 heterocycles. The first-order valence-corrected chi connectivity index (χ1v) is 6.80. The van der Waals surface area contributed by atoms with Gasteiger partial charge in [0.05, 0.1) is 6.61 Å². The van der Waals surface area contributed by atoms with E-state index in [0.29, 0.717) is 22.0 Å². The van der Waals surface area contributed by atoms with Gasteiger partial charge in [-0.1, -0.05) is 30.7 Å². The Kier molecular flexibility index (Phi) is 4.43. The normalized spacial score (nSPS) is 23.7. The molecule has 18 heavy (non-hydrogen) atoms. The number of nitrogens with two attached hydrogens (primary N) is 1. The molecule has 0 radical (unpaired) electrons. The van der Waals surface area contributed by atoms with Gasteiger partial charge in [-0.05, 0) is 30.5 Å². The Morgan fingerprint density at radius 2 is 2.33 bits per heavy atom. The van der Waals surface area contributed by atoms with Gasteiger partial charge in [-0.3, -0.25) is 0 Å². The molecule has 0 aromatic heterocycles. The Hall–Kier alpha value is -0.840. The number of anilines is 1. The molecule has 2 rings (SSSR count). The van der Waals surface area contributed by atoms with Crippen molar-refractivity contribution in [1.82, 2.24) is 0 Å². The molecule has 2 atom stereocenters. The molecule has 1 aromatic rings. The molecule has 1 saturated heterocycles. The van der Waals surface area contributed by atoms with Gasteiger partial charge in [0, 0.05) is 28.9 Å². The molecule has 1 aromatic carbocycles. The number of hydrogen-bond acceptors (Lipinski definition) is 3. The lowest BCUT2D eigenvalue weighted by atomic mass is 9.97. The van der Waals surface area contributed by atoms with E-state index in [1.165, 1.54) is 0 Å². The Labute approximate surface area is 118 Å². The van der Waals surface area contributed by atoms with E-state index in [-0.39, 0.29) is 0 Å². The zero-order chi connectivity index (χ0) is 13.1. The largest absolute Gasteiger partial charge is 0.389 e. The van der Waals surface area contributed by atoms with Crippen molar-refractivity contribution in [2.75, 3.05) is 18.5 Å². The van der Waals surface area contributed by atoms with E-state index in [4.69, 9.17) is 34.3 Å². The SMILES string of the molecule is CC1COCCC1Nc1cc(Cl)ccc1C(N)=S. The Morgan fingerprint density at radius 1 is 1.56 bits per heavy atom. The third-order valence-corrected chi connectivity index (χ3v) is 3.68. The molecule has 3 nitrogen and oxygen atoms in total. The van der Waals surface area contributed by atoms with Crippen molar-refractivity contribution in [3.05, 3.63) is 28.8 Å². The van der Waals surface area contributed by atoms with Gasteiger partial charge in [0.25, 0.3) is 0 Å². The molecule has 1 fully saturated rings. The van der Waals surface area contributed by atoms with Crippen LogP contribution in [0.3, 0.4) is 0 Å². The van der Waals surface area contributed by atoms with Gasteiger partial charge >= 0.3 is 0 Å². The predicted octanol–water partition coefficient (Wildman–Crippen LogP) is 2.81. The van der Waals surface area contributed by atoms with E-state index >= 15 is 0 Å². The first-order chi connectivity index (χ1) is 8.58. The second-order valence-corrected chi connectivity index (χ2v) is 5.52. The van der Waals surface area contributed by atoms with Gasteiger partial charge in [0.2, 0.25) is 0 Å². The van der Waals surface area contributed by atoms with E-state index < -0.39 is 0 Å². The fraction of sp³-hybridized carbons (Fsp3) is 0.462.